The second kappa shape index (κ2) is 6.35. The zero-order valence-electron chi connectivity index (χ0n) is 19.3. The highest BCUT2D eigenvalue weighted by Gasteiger charge is 2.77. The van der Waals surface area contributed by atoms with Crippen molar-refractivity contribution in [3.05, 3.63) is 12.2 Å². The monoisotopic (exact) mass is 384 g/mol. The van der Waals surface area contributed by atoms with Crippen LogP contribution in [0.2, 0.25) is 0 Å². The predicted molar refractivity (Wildman–Crippen MR) is 117 cm³/mol. The van der Waals surface area contributed by atoms with E-state index in [0.717, 1.165) is 35.5 Å². The Morgan fingerprint density at radius 1 is 0.929 bits per heavy atom. The first-order valence-corrected chi connectivity index (χ1v) is 12.5. The smallest absolute Gasteiger partial charge is 0.0638 e. The van der Waals surface area contributed by atoms with Crippen molar-refractivity contribution < 1.29 is 4.74 Å². The van der Waals surface area contributed by atoms with Crippen LogP contribution >= 0.6 is 0 Å². The Balaban J connectivity index is 1.43. The van der Waals surface area contributed by atoms with Gasteiger partial charge in [0.05, 0.1) is 6.10 Å². The molecule has 10 atom stereocenters. The summed E-state index contributed by atoms with van der Waals surface area (Å²) < 4.78 is 6.27. The first-order valence-electron chi connectivity index (χ1n) is 12.5. The van der Waals surface area contributed by atoms with Crippen molar-refractivity contribution in [2.45, 2.75) is 92.1 Å². The van der Waals surface area contributed by atoms with Gasteiger partial charge in [0, 0.05) is 12.5 Å². The van der Waals surface area contributed by atoms with Crippen LogP contribution in [-0.2, 0) is 4.74 Å². The molecule has 5 rings (SSSR count). The number of methoxy groups -OCH3 is 1. The van der Waals surface area contributed by atoms with Gasteiger partial charge in [0.25, 0.3) is 0 Å². The molecule has 1 heteroatoms. The quantitative estimate of drug-likeness (QED) is 0.469. The maximum Gasteiger partial charge on any atom is 0.0638 e. The van der Waals surface area contributed by atoms with E-state index in [4.69, 9.17) is 4.74 Å². The van der Waals surface area contributed by atoms with Crippen LogP contribution in [0.5, 0.6) is 0 Å². The molecular weight excluding hydrogens is 340 g/mol. The number of rotatable bonds is 4. The molecule has 5 aliphatic rings. The van der Waals surface area contributed by atoms with Crippen molar-refractivity contribution in [3.63, 3.8) is 0 Å². The van der Waals surface area contributed by atoms with E-state index in [1.54, 1.807) is 0 Å². The van der Waals surface area contributed by atoms with Crippen LogP contribution in [0, 0.1) is 57.7 Å². The predicted octanol–water partition coefficient (Wildman–Crippen LogP) is 7.12. The summed E-state index contributed by atoms with van der Waals surface area (Å²) in [6, 6.07) is 0. The van der Waals surface area contributed by atoms with E-state index >= 15 is 0 Å². The molecule has 5 saturated carbocycles. The molecule has 0 saturated heterocycles. The first kappa shape index (κ1) is 19.7. The molecule has 0 aromatic carbocycles. The van der Waals surface area contributed by atoms with Crippen molar-refractivity contribution in [3.8, 4) is 0 Å². The van der Waals surface area contributed by atoms with E-state index < -0.39 is 0 Å². The van der Waals surface area contributed by atoms with E-state index in [9.17, 15) is 0 Å². The Morgan fingerprint density at radius 2 is 1.71 bits per heavy atom. The molecule has 0 unspecified atom stereocenters. The van der Waals surface area contributed by atoms with Gasteiger partial charge in [-0.1, -0.05) is 46.8 Å². The van der Waals surface area contributed by atoms with E-state index in [1.807, 2.05) is 7.11 Å². The minimum atomic E-state index is 0.547. The highest BCUT2D eigenvalue weighted by molar-refractivity contribution is 5.26. The minimum Gasteiger partial charge on any atom is -0.381 e. The van der Waals surface area contributed by atoms with Gasteiger partial charge in [-0.25, -0.2) is 0 Å². The fourth-order valence-electron chi connectivity index (χ4n) is 10.0. The molecule has 0 aromatic heterocycles. The minimum absolute atomic E-state index is 0.547. The SMILES string of the molecule is CO[C@@H]1C[C@H]2[C@@H]3CC[C@H]([C@H](C)/C=C/C(C)C)[C@@]3(C)CC[C@@H]2[C@@]2(C)CC[C@H]3C[C@]312. The molecule has 0 bridgehead atoms. The summed E-state index contributed by atoms with van der Waals surface area (Å²) in [5.74, 6) is 6.13. The average Bonchev–Trinajstić information content (AvgIpc) is 3.16. The molecule has 5 aliphatic carbocycles. The second-order valence-corrected chi connectivity index (χ2v) is 12.5. The third-order valence-corrected chi connectivity index (χ3v) is 11.3. The average molecular weight is 385 g/mol. The molecule has 0 N–H and O–H groups in total. The number of ether oxygens (including phenoxy) is 1. The van der Waals surface area contributed by atoms with E-state index in [2.05, 4.69) is 46.8 Å². The van der Waals surface area contributed by atoms with Crippen LogP contribution in [0.3, 0.4) is 0 Å². The number of fused-ring (bicyclic) bond motifs is 4. The molecule has 0 amide bonds. The Bertz CT molecular complexity index is 651. The van der Waals surface area contributed by atoms with Crippen LogP contribution in [0.15, 0.2) is 12.2 Å². The maximum absolute atomic E-state index is 6.27. The lowest BCUT2D eigenvalue weighted by molar-refractivity contribution is -0.160. The number of hydrogen-bond acceptors (Lipinski definition) is 1. The van der Waals surface area contributed by atoms with E-state index in [-0.39, 0.29) is 0 Å². The van der Waals surface area contributed by atoms with Crippen molar-refractivity contribution >= 4 is 0 Å². The standard InChI is InChI=1S/C27H44O/c1-17(2)7-8-18(3)21-9-10-22-20-15-24(28-6)27-16-19(27)11-14-26(27,5)23(20)12-13-25(21,22)4/h7-8,17-24H,9-16H2,1-6H3/b8-7+/t18-,19+,20+,21-,22+,23+,24-,25-,26-,27+/m1/s1. The fraction of sp³-hybridized carbons (Fsp3) is 0.926. The van der Waals surface area contributed by atoms with Gasteiger partial charge >= 0.3 is 0 Å². The molecule has 158 valence electrons. The third-order valence-electron chi connectivity index (χ3n) is 11.3. The van der Waals surface area contributed by atoms with Gasteiger partial charge in [-0.2, -0.15) is 0 Å². The summed E-state index contributed by atoms with van der Waals surface area (Å²) in [4.78, 5) is 0. The van der Waals surface area contributed by atoms with Crippen molar-refractivity contribution in [1.82, 2.24) is 0 Å². The van der Waals surface area contributed by atoms with Gasteiger partial charge in [0.1, 0.15) is 0 Å². The summed E-state index contributed by atoms with van der Waals surface area (Å²) >= 11 is 0. The zero-order valence-corrected chi connectivity index (χ0v) is 19.3. The summed E-state index contributed by atoms with van der Waals surface area (Å²) in [5.41, 5.74) is 1.70. The summed E-state index contributed by atoms with van der Waals surface area (Å²) in [6.07, 6.45) is 17.3. The van der Waals surface area contributed by atoms with Gasteiger partial charge in [0.15, 0.2) is 0 Å². The normalized spacial score (nSPS) is 55.7. The molecule has 5 fully saturated rings. The van der Waals surface area contributed by atoms with Crippen LogP contribution in [0.1, 0.15) is 86.0 Å². The Kier molecular flexibility index (Phi) is 4.46. The lowest BCUT2D eigenvalue weighted by atomic mass is 9.45. The van der Waals surface area contributed by atoms with Gasteiger partial charge < -0.3 is 4.74 Å². The Labute approximate surface area is 174 Å². The van der Waals surface area contributed by atoms with Crippen molar-refractivity contribution in [2.24, 2.45) is 57.7 Å². The zero-order chi connectivity index (χ0) is 19.9. The molecule has 0 radical (unpaired) electrons. The van der Waals surface area contributed by atoms with Crippen LogP contribution in [-0.4, -0.2) is 13.2 Å². The van der Waals surface area contributed by atoms with Gasteiger partial charge in [-0.05, 0) is 104 Å². The molecule has 28 heavy (non-hydrogen) atoms. The van der Waals surface area contributed by atoms with Crippen molar-refractivity contribution in [1.29, 1.82) is 0 Å². The van der Waals surface area contributed by atoms with E-state index in [1.165, 1.54) is 51.4 Å². The summed E-state index contributed by atoms with van der Waals surface area (Å²) in [5, 5.41) is 0. The second-order valence-electron chi connectivity index (χ2n) is 12.5. The highest BCUT2D eigenvalue weighted by Crippen LogP contribution is 2.82. The summed E-state index contributed by atoms with van der Waals surface area (Å²) in [7, 11) is 2.02. The lowest BCUT2D eigenvalue weighted by Gasteiger charge is -2.61. The Morgan fingerprint density at radius 3 is 2.39 bits per heavy atom. The van der Waals surface area contributed by atoms with Crippen LogP contribution < -0.4 is 0 Å². The third kappa shape index (κ3) is 2.35. The topological polar surface area (TPSA) is 9.23 Å². The lowest BCUT2D eigenvalue weighted by Crippen LogP contribution is -2.57. The van der Waals surface area contributed by atoms with Crippen LogP contribution in [0.25, 0.3) is 0 Å². The van der Waals surface area contributed by atoms with Gasteiger partial charge in [-0.15, -0.1) is 0 Å². The Hall–Kier alpha value is -0.300. The highest BCUT2D eigenvalue weighted by atomic mass is 16.5. The maximum atomic E-state index is 6.27. The van der Waals surface area contributed by atoms with Crippen molar-refractivity contribution in [2.75, 3.05) is 7.11 Å². The molecule has 0 aromatic rings. The number of allylic oxidation sites excluding steroid dienone is 2. The largest absolute Gasteiger partial charge is 0.381 e. The van der Waals surface area contributed by atoms with Gasteiger partial charge in [-0.3, -0.25) is 0 Å². The molecule has 0 heterocycles. The number of hydrogen-bond donors (Lipinski definition) is 0. The fourth-order valence-corrected chi connectivity index (χ4v) is 10.0. The molecule has 0 aliphatic heterocycles. The van der Waals surface area contributed by atoms with E-state index in [0.29, 0.717) is 28.3 Å². The molecular formula is C27H44O. The first-order chi connectivity index (χ1) is 13.3. The van der Waals surface area contributed by atoms with Gasteiger partial charge in [0.2, 0.25) is 0 Å². The summed E-state index contributed by atoms with van der Waals surface area (Å²) in [6.45, 7) is 12.5. The molecule has 1 spiro atoms. The van der Waals surface area contributed by atoms with Crippen LogP contribution in [0.4, 0.5) is 0 Å². The molecule has 1 nitrogen and oxygen atoms in total.